The molecular weight excluding hydrogens is 380 g/mol. The highest BCUT2D eigenvalue weighted by atomic mass is 16.5. The van der Waals surface area contributed by atoms with Crippen molar-refractivity contribution in [1.29, 1.82) is 0 Å². The minimum absolute atomic E-state index is 0.0201. The summed E-state index contributed by atoms with van der Waals surface area (Å²) in [7, 11) is 0. The molecule has 0 amide bonds. The highest BCUT2D eigenvalue weighted by Crippen LogP contribution is 2.74. The lowest BCUT2D eigenvalue weighted by atomic mass is 9.36. The maximum atomic E-state index is 12.9. The van der Waals surface area contributed by atoms with Crippen LogP contribution in [-0.4, -0.2) is 35.4 Å². The third-order valence-corrected chi connectivity index (χ3v) is 9.46. The van der Waals surface area contributed by atoms with E-state index in [2.05, 4.69) is 27.7 Å². The van der Waals surface area contributed by atoms with Crippen LogP contribution in [0.25, 0.3) is 0 Å². The second-order valence-corrected chi connectivity index (χ2v) is 10.5. The van der Waals surface area contributed by atoms with Crippen LogP contribution in [0.4, 0.5) is 0 Å². The minimum Gasteiger partial charge on any atom is -0.457 e. The van der Waals surface area contributed by atoms with E-state index < -0.39 is 28.3 Å². The van der Waals surface area contributed by atoms with Gasteiger partial charge in [-0.2, -0.15) is 0 Å². The molecule has 0 aromatic rings. The van der Waals surface area contributed by atoms with Crippen molar-refractivity contribution in [3.63, 3.8) is 0 Å². The number of hydrogen-bond donors (Lipinski definition) is 1. The Morgan fingerprint density at radius 1 is 1.23 bits per heavy atom. The number of aliphatic hydroxyl groups is 1. The van der Waals surface area contributed by atoms with Gasteiger partial charge in [-0.25, -0.2) is 0 Å². The Kier molecular flexibility index (Phi) is 4.59. The number of carbonyl (C=O) groups is 3. The van der Waals surface area contributed by atoms with Crippen LogP contribution in [0.5, 0.6) is 0 Å². The number of esters is 1. The molecule has 1 N–H and O–H groups in total. The molecule has 5 heteroatoms. The average molecular weight is 413 g/mol. The van der Waals surface area contributed by atoms with Gasteiger partial charge in [0.2, 0.25) is 0 Å². The molecule has 4 aliphatic carbocycles. The number of ketones is 2. The van der Waals surface area contributed by atoms with Gasteiger partial charge in [0, 0.05) is 28.7 Å². The van der Waals surface area contributed by atoms with E-state index in [-0.39, 0.29) is 29.5 Å². The number of carbonyl (C=O) groups excluding carboxylic acids is 3. The van der Waals surface area contributed by atoms with Crippen molar-refractivity contribution in [2.45, 2.75) is 66.4 Å². The zero-order valence-electron chi connectivity index (χ0n) is 18.6. The summed E-state index contributed by atoms with van der Waals surface area (Å²) < 4.78 is 4.98. The quantitative estimate of drug-likeness (QED) is 0.715. The van der Waals surface area contributed by atoms with Crippen molar-refractivity contribution >= 4 is 17.5 Å². The Labute approximate surface area is 178 Å². The smallest absolute Gasteiger partial charge is 0.303 e. The fourth-order valence-corrected chi connectivity index (χ4v) is 7.31. The lowest BCUT2D eigenvalue weighted by Gasteiger charge is -2.68. The Morgan fingerprint density at radius 3 is 2.60 bits per heavy atom. The number of allylic oxidation sites excluding steroid dienone is 5. The van der Waals surface area contributed by atoms with E-state index in [1.165, 1.54) is 6.92 Å². The van der Waals surface area contributed by atoms with Crippen molar-refractivity contribution in [3.05, 3.63) is 35.5 Å². The third-order valence-electron chi connectivity index (χ3n) is 9.46. The molecule has 0 heterocycles. The molecule has 2 saturated carbocycles. The highest BCUT2D eigenvalue weighted by Gasteiger charge is 2.70. The Morgan fingerprint density at radius 2 is 1.93 bits per heavy atom. The Bertz CT molecular complexity index is 926. The van der Waals surface area contributed by atoms with Crippen LogP contribution in [0.15, 0.2) is 35.5 Å². The van der Waals surface area contributed by atoms with Crippen LogP contribution in [-0.2, 0) is 19.1 Å². The van der Waals surface area contributed by atoms with Gasteiger partial charge in [0.05, 0.1) is 6.10 Å². The average Bonchev–Trinajstić information content (AvgIpc) is 2.93. The second-order valence-electron chi connectivity index (χ2n) is 10.5. The van der Waals surface area contributed by atoms with Crippen LogP contribution in [0.2, 0.25) is 0 Å². The first-order chi connectivity index (χ1) is 13.9. The first kappa shape index (κ1) is 21.2. The number of aliphatic hydroxyl groups excluding tert-OH is 1. The molecule has 0 aliphatic heterocycles. The van der Waals surface area contributed by atoms with Crippen LogP contribution < -0.4 is 0 Å². The molecule has 162 valence electrons. The number of rotatable bonds is 3. The van der Waals surface area contributed by atoms with E-state index in [0.29, 0.717) is 12.0 Å². The van der Waals surface area contributed by atoms with Crippen LogP contribution in [0, 0.1) is 27.6 Å². The van der Waals surface area contributed by atoms with Crippen LogP contribution in [0.1, 0.15) is 60.3 Å². The van der Waals surface area contributed by atoms with Gasteiger partial charge in [0.15, 0.2) is 18.2 Å². The fraction of sp³-hybridized carbons (Fsp3) is 0.640. The molecule has 0 spiro atoms. The molecule has 0 radical (unpaired) electrons. The summed E-state index contributed by atoms with van der Waals surface area (Å²) in [4.78, 5) is 36.2. The normalized spacial score (nSPS) is 44.4. The summed E-state index contributed by atoms with van der Waals surface area (Å²) in [5.41, 5.74) is 0.277. The molecule has 2 fully saturated rings. The predicted molar refractivity (Wildman–Crippen MR) is 112 cm³/mol. The van der Waals surface area contributed by atoms with Crippen molar-refractivity contribution in [2.24, 2.45) is 27.6 Å². The summed E-state index contributed by atoms with van der Waals surface area (Å²) in [6.07, 6.45) is 9.71. The molecule has 6 atom stereocenters. The highest BCUT2D eigenvalue weighted by molar-refractivity contribution is 6.01. The van der Waals surface area contributed by atoms with Crippen LogP contribution >= 0.6 is 0 Å². The zero-order valence-corrected chi connectivity index (χ0v) is 18.6. The third kappa shape index (κ3) is 2.47. The molecule has 4 aliphatic rings. The van der Waals surface area contributed by atoms with Crippen molar-refractivity contribution in [2.75, 3.05) is 6.61 Å². The molecule has 0 unspecified atom stereocenters. The van der Waals surface area contributed by atoms with E-state index >= 15 is 0 Å². The van der Waals surface area contributed by atoms with Gasteiger partial charge in [-0.15, -0.1) is 0 Å². The van der Waals surface area contributed by atoms with Gasteiger partial charge >= 0.3 is 5.97 Å². The Balaban J connectivity index is 1.74. The number of Topliss-reactive ketones (excluding diaryl/α,β-unsaturated/α-hetero) is 1. The topological polar surface area (TPSA) is 80.7 Å². The molecule has 4 rings (SSSR count). The standard InChI is InChI=1S/C25H32O5/c1-15(26)30-14-19(28)18-9-11-23(3)20-7-6-16-12-17(27)8-10-22(16,2)25(20,5)21(29)13-24(18,23)4/h8-10,12,20-21,29H,6-7,11,13-14H2,1-5H3/t20-,21-,22-,23-,24+,25+/m0/s1. The van der Waals surface area contributed by atoms with Gasteiger partial charge in [0.25, 0.3) is 0 Å². The maximum absolute atomic E-state index is 12.9. The molecule has 0 aromatic heterocycles. The van der Waals surface area contributed by atoms with Crippen molar-refractivity contribution in [1.82, 2.24) is 0 Å². The van der Waals surface area contributed by atoms with E-state index in [4.69, 9.17) is 4.74 Å². The van der Waals surface area contributed by atoms with Crippen molar-refractivity contribution in [3.8, 4) is 0 Å². The summed E-state index contributed by atoms with van der Waals surface area (Å²) in [6, 6.07) is 0. The van der Waals surface area contributed by atoms with E-state index in [0.717, 1.165) is 24.8 Å². The summed E-state index contributed by atoms with van der Waals surface area (Å²) >= 11 is 0. The van der Waals surface area contributed by atoms with Crippen molar-refractivity contribution < 1.29 is 24.2 Å². The summed E-state index contributed by atoms with van der Waals surface area (Å²) in [5.74, 6) is -0.442. The molecular formula is C25H32O5. The van der Waals surface area contributed by atoms with E-state index in [9.17, 15) is 19.5 Å². The van der Waals surface area contributed by atoms with Gasteiger partial charge in [-0.05, 0) is 49.2 Å². The molecule has 0 saturated heterocycles. The van der Waals surface area contributed by atoms with Crippen LogP contribution in [0.3, 0.4) is 0 Å². The first-order valence-corrected chi connectivity index (χ1v) is 10.9. The Hall–Kier alpha value is -2.01. The monoisotopic (exact) mass is 412 g/mol. The fourth-order valence-electron chi connectivity index (χ4n) is 7.31. The molecule has 0 bridgehead atoms. The predicted octanol–water partition coefficient (Wildman–Crippen LogP) is 3.71. The lowest BCUT2D eigenvalue weighted by Crippen LogP contribution is -2.66. The molecule has 30 heavy (non-hydrogen) atoms. The summed E-state index contributed by atoms with van der Waals surface area (Å²) in [6.45, 7) is 9.71. The maximum Gasteiger partial charge on any atom is 0.303 e. The zero-order chi connectivity index (χ0) is 22.1. The molecule has 0 aromatic carbocycles. The molecule has 5 nitrogen and oxygen atoms in total. The number of fused-ring (bicyclic) bond motifs is 5. The number of hydrogen-bond acceptors (Lipinski definition) is 5. The SMILES string of the molecule is CC(=O)OCC(=O)C1=CC[C@@]2(C)[C@@H]3CCC4=CC(=O)C=C[C@]4(C)[C@@]3(C)[C@@H](O)C[C@]12C. The van der Waals surface area contributed by atoms with Gasteiger partial charge < -0.3 is 9.84 Å². The van der Waals surface area contributed by atoms with Gasteiger partial charge in [0.1, 0.15) is 0 Å². The second kappa shape index (κ2) is 6.49. The first-order valence-electron chi connectivity index (χ1n) is 10.9. The largest absolute Gasteiger partial charge is 0.457 e. The van der Waals surface area contributed by atoms with E-state index in [1.807, 2.05) is 12.2 Å². The lowest BCUT2D eigenvalue weighted by molar-refractivity contribution is -0.199. The summed E-state index contributed by atoms with van der Waals surface area (Å²) in [5, 5.41) is 11.6. The van der Waals surface area contributed by atoms with Gasteiger partial charge in [-0.3, -0.25) is 14.4 Å². The number of ether oxygens (including phenoxy) is 1. The van der Waals surface area contributed by atoms with Gasteiger partial charge in [-0.1, -0.05) is 45.4 Å². The minimum atomic E-state index is -0.629. The van der Waals surface area contributed by atoms with E-state index in [1.54, 1.807) is 12.2 Å².